The molecule has 0 saturated carbocycles. The number of fused-ring (bicyclic) bond motifs is 1. The van der Waals surface area contributed by atoms with Gasteiger partial charge in [0.05, 0.1) is 27.4 Å². The third-order valence-electron chi connectivity index (χ3n) is 12.5. The minimum Gasteiger partial charge on any atom is -0.407 e. The standard InChI is InChI=1S/C47H59ClN4O6SSi/c1-8-47(9-2,46(53)50(7)43(36-22-15-13-16-23-36)44(37-24-17-14-18-25-37)58-60(10-3,11-4)12-5)33-21-34-51(59(56,57)39-30-28-38(29-31-39)52(54)55)35-32-41-40-26-19-20-27-42(40)49(6)45(41)48/h8,13-20,22-31,43-44H,1,9-12,21,32-35H2,2-7H3/t43-,44-,47-/m0/s1. The predicted molar refractivity (Wildman–Crippen MR) is 245 cm³/mol. The van der Waals surface area contributed by atoms with Crippen LogP contribution in [0.25, 0.3) is 10.9 Å². The average Bonchev–Trinajstić information content (AvgIpc) is 3.52. The Morgan fingerprint density at radius 1 is 0.900 bits per heavy atom. The van der Waals surface area contributed by atoms with Gasteiger partial charge in [0.1, 0.15) is 5.15 Å². The number of nitrogens with zero attached hydrogens (tertiary/aromatic N) is 4. The number of halogens is 1. The van der Waals surface area contributed by atoms with E-state index in [2.05, 4.69) is 39.5 Å². The molecule has 0 unspecified atom stereocenters. The zero-order valence-electron chi connectivity index (χ0n) is 35.7. The number of amides is 1. The van der Waals surface area contributed by atoms with Crippen molar-refractivity contribution in [3.8, 4) is 0 Å². The molecule has 0 radical (unpaired) electrons. The van der Waals surface area contributed by atoms with Gasteiger partial charge in [-0.05, 0) is 78.7 Å². The zero-order valence-corrected chi connectivity index (χ0v) is 38.3. The Balaban J connectivity index is 1.49. The van der Waals surface area contributed by atoms with Crippen LogP contribution in [-0.4, -0.2) is 61.5 Å². The van der Waals surface area contributed by atoms with E-state index in [0.29, 0.717) is 30.8 Å². The lowest BCUT2D eigenvalue weighted by Crippen LogP contribution is -2.47. The Hall–Kier alpha value is -4.59. The summed E-state index contributed by atoms with van der Waals surface area (Å²) in [6.07, 6.45) is 2.72. The Morgan fingerprint density at radius 2 is 1.47 bits per heavy atom. The summed E-state index contributed by atoms with van der Waals surface area (Å²) in [5.74, 6) is -0.123. The van der Waals surface area contributed by atoms with Crippen LogP contribution in [0.4, 0.5) is 5.69 Å². The number of para-hydroxylation sites is 1. The predicted octanol–water partition coefficient (Wildman–Crippen LogP) is 11.3. The molecule has 1 heterocycles. The van der Waals surface area contributed by atoms with Gasteiger partial charge in [0.25, 0.3) is 5.69 Å². The van der Waals surface area contributed by atoms with Gasteiger partial charge in [-0.1, -0.05) is 124 Å². The largest absolute Gasteiger partial charge is 0.407 e. The third kappa shape index (κ3) is 9.79. The number of aryl methyl sites for hydroxylation is 1. The van der Waals surface area contributed by atoms with Gasteiger partial charge in [-0.3, -0.25) is 14.9 Å². The molecule has 10 nitrogen and oxygen atoms in total. The molecule has 0 N–H and O–H groups in total. The summed E-state index contributed by atoms with van der Waals surface area (Å²) in [7, 11) is -2.61. The van der Waals surface area contributed by atoms with Crippen LogP contribution < -0.4 is 0 Å². The van der Waals surface area contributed by atoms with Crippen molar-refractivity contribution in [1.29, 1.82) is 0 Å². The number of rotatable bonds is 22. The number of nitro benzene ring substituents is 1. The first-order valence-corrected chi connectivity index (χ1v) is 25.2. The molecule has 13 heteroatoms. The Labute approximate surface area is 362 Å². The summed E-state index contributed by atoms with van der Waals surface area (Å²) < 4.78 is 39.4. The van der Waals surface area contributed by atoms with Crippen molar-refractivity contribution < 1.29 is 22.6 Å². The van der Waals surface area contributed by atoms with E-state index in [1.807, 2.05) is 103 Å². The minimum atomic E-state index is -4.13. The van der Waals surface area contributed by atoms with E-state index in [1.54, 1.807) is 6.08 Å². The van der Waals surface area contributed by atoms with Crippen LogP contribution in [0.1, 0.15) is 75.8 Å². The second-order valence-corrected chi connectivity index (χ2v) is 22.6. The van der Waals surface area contributed by atoms with Gasteiger partial charge in [-0.25, -0.2) is 8.42 Å². The molecule has 60 heavy (non-hydrogen) atoms. The van der Waals surface area contributed by atoms with Gasteiger partial charge in [-0.2, -0.15) is 4.31 Å². The van der Waals surface area contributed by atoms with Gasteiger partial charge in [0.2, 0.25) is 15.9 Å². The van der Waals surface area contributed by atoms with E-state index in [4.69, 9.17) is 16.0 Å². The molecule has 0 bridgehead atoms. The normalized spacial score (nSPS) is 14.1. The van der Waals surface area contributed by atoms with Crippen molar-refractivity contribution in [1.82, 2.24) is 13.8 Å². The summed E-state index contributed by atoms with van der Waals surface area (Å²) in [6, 6.07) is 35.3. The van der Waals surface area contributed by atoms with Crippen LogP contribution in [0, 0.1) is 15.5 Å². The number of carbonyl (C=O) groups is 1. The van der Waals surface area contributed by atoms with Gasteiger partial charge in [-0.15, -0.1) is 6.58 Å². The lowest BCUT2D eigenvalue weighted by molar-refractivity contribution is -0.384. The average molecular weight is 872 g/mol. The van der Waals surface area contributed by atoms with Crippen molar-refractivity contribution in [2.75, 3.05) is 20.1 Å². The zero-order chi connectivity index (χ0) is 43.7. The number of likely N-dealkylation sites (N-methyl/N-ethyl adjacent to an activating group) is 1. The number of carbonyl (C=O) groups excluding carboxylic acids is 1. The molecule has 320 valence electrons. The molecule has 0 spiro atoms. The number of benzene rings is 4. The van der Waals surface area contributed by atoms with Gasteiger partial charge in [0.15, 0.2) is 8.32 Å². The fraction of sp³-hybridized carbons (Fsp3) is 0.383. The topological polar surface area (TPSA) is 115 Å². The van der Waals surface area contributed by atoms with E-state index in [0.717, 1.165) is 45.7 Å². The monoisotopic (exact) mass is 870 g/mol. The van der Waals surface area contributed by atoms with Crippen LogP contribution in [0.3, 0.4) is 0 Å². The highest BCUT2D eigenvalue weighted by Crippen LogP contribution is 2.44. The number of hydrogen-bond acceptors (Lipinski definition) is 6. The maximum absolute atomic E-state index is 15.2. The molecule has 0 saturated heterocycles. The fourth-order valence-electron chi connectivity index (χ4n) is 8.45. The van der Waals surface area contributed by atoms with Crippen LogP contribution in [0.5, 0.6) is 0 Å². The molecular weight excluding hydrogens is 812 g/mol. The highest BCUT2D eigenvalue weighted by molar-refractivity contribution is 7.89. The number of nitro groups is 1. The maximum atomic E-state index is 15.2. The third-order valence-corrected chi connectivity index (χ3v) is 19.5. The summed E-state index contributed by atoms with van der Waals surface area (Å²) in [4.78, 5) is 27.8. The van der Waals surface area contributed by atoms with E-state index in [-0.39, 0.29) is 29.6 Å². The van der Waals surface area contributed by atoms with E-state index in [1.165, 1.54) is 28.6 Å². The smallest absolute Gasteiger partial charge is 0.269 e. The minimum absolute atomic E-state index is 0.0538. The number of sulfonamides is 1. The maximum Gasteiger partial charge on any atom is 0.269 e. The number of non-ortho nitro benzene ring substituents is 1. The first-order chi connectivity index (χ1) is 28.7. The second kappa shape index (κ2) is 20.3. The molecule has 0 aliphatic carbocycles. The fourth-order valence-corrected chi connectivity index (χ4v) is 13.0. The molecule has 5 rings (SSSR count). The molecule has 0 fully saturated rings. The Morgan fingerprint density at radius 3 is 2.02 bits per heavy atom. The van der Waals surface area contributed by atoms with Gasteiger partial charge < -0.3 is 13.9 Å². The van der Waals surface area contributed by atoms with Crippen LogP contribution in [0.15, 0.2) is 127 Å². The Kier molecular flexibility index (Phi) is 15.7. The quantitative estimate of drug-likeness (QED) is 0.0296. The second-order valence-electron chi connectivity index (χ2n) is 15.5. The van der Waals surface area contributed by atoms with Crippen molar-refractivity contribution in [2.45, 2.75) is 88.6 Å². The highest BCUT2D eigenvalue weighted by Gasteiger charge is 2.43. The van der Waals surface area contributed by atoms with Crippen molar-refractivity contribution in [3.05, 3.63) is 154 Å². The lowest BCUT2D eigenvalue weighted by Gasteiger charge is -2.43. The SMILES string of the molecule is C=C[C@](CC)(CCCN(CCc1c(Cl)n(C)c2ccccc12)S(=O)(=O)c1ccc([N+](=O)[O-])cc1)C(=O)N(C)[C@@H](c1ccccc1)[C@@H](O[Si](CC)(CC)CC)c1ccccc1. The molecule has 3 atom stereocenters. The first-order valence-electron chi connectivity index (χ1n) is 20.9. The summed E-state index contributed by atoms with van der Waals surface area (Å²) in [5, 5.41) is 12.9. The number of aromatic nitrogens is 1. The van der Waals surface area contributed by atoms with Crippen LogP contribution in [0.2, 0.25) is 23.3 Å². The number of hydrogen-bond donors (Lipinski definition) is 0. The van der Waals surface area contributed by atoms with E-state index in [9.17, 15) is 18.5 Å². The van der Waals surface area contributed by atoms with Crippen molar-refractivity contribution in [2.24, 2.45) is 12.5 Å². The van der Waals surface area contributed by atoms with Crippen molar-refractivity contribution >= 4 is 52.4 Å². The van der Waals surface area contributed by atoms with E-state index >= 15 is 4.79 Å². The van der Waals surface area contributed by atoms with E-state index < -0.39 is 40.8 Å². The molecule has 1 amide bonds. The van der Waals surface area contributed by atoms with Crippen molar-refractivity contribution in [3.63, 3.8) is 0 Å². The first kappa shape index (κ1) is 46.5. The van der Waals surface area contributed by atoms with Crippen LogP contribution in [-0.2, 0) is 32.7 Å². The molecule has 5 aromatic rings. The van der Waals surface area contributed by atoms with Gasteiger partial charge in [0, 0.05) is 50.2 Å². The summed E-state index contributed by atoms with van der Waals surface area (Å²) in [5.41, 5.74) is 2.48. The highest BCUT2D eigenvalue weighted by atomic mass is 35.5. The summed E-state index contributed by atoms with van der Waals surface area (Å²) >= 11 is 6.83. The Bertz CT molecular complexity index is 2330. The lowest BCUT2D eigenvalue weighted by atomic mass is 9.78. The molecule has 1 aromatic heterocycles. The molecular formula is C47H59ClN4O6SSi. The molecule has 0 aliphatic heterocycles. The molecule has 0 aliphatic rings. The molecule has 4 aromatic carbocycles. The van der Waals surface area contributed by atoms with Gasteiger partial charge >= 0.3 is 0 Å². The summed E-state index contributed by atoms with van der Waals surface area (Å²) in [6.45, 7) is 13.0. The van der Waals surface area contributed by atoms with Crippen LogP contribution >= 0.6 is 11.6 Å².